The van der Waals surface area contributed by atoms with Crippen LogP contribution < -0.4 is 5.56 Å². The Morgan fingerprint density at radius 1 is 1.23 bits per heavy atom. The fourth-order valence-electron chi connectivity index (χ4n) is 1.89. The lowest BCUT2D eigenvalue weighted by molar-refractivity contribution is 0.466. The summed E-state index contributed by atoms with van der Waals surface area (Å²) in [5.41, 5.74) is 0.606. The van der Waals surface area contributed by atoms with E-state index in [4.69, 9.17) is 4.42 Å². The molecule has 0 aromatic carbocycles. The Morgan fingerprint density at radius 2 is 2.18 bits per heavy atom. The van der Waals surface area contributed by atoms with Crippen LogP contribution in [0.1, 0.15) is 5.82 Å². The van der Waals surface area contributed by atoms with Gasteiger partial charge in [-0.25, -0.2) is 4.98 Å². The van der Waals surface area contributed by atoms with E-state index >= 15 is 0 Å². The molecule has 0 unspecified atom stereocenters. The van der Waals surface area contributed by atoms with Gasteiger partial charge in [-0.1, -0.05) is 17.8 Å². The molecule has 0 saturated heterocycles. The highest BCUT2D eigenvalue weighted by Gasteiger charge is 2.11. The molecule has 110 valence electrons. The number of nitrogens with zero attached hydrogens (tertiary/aromatic N) is 3. The van der Waals surface area contributed by atoms with Gasteiger partial charge in [0.2, 0.25) is 0 Å². The van der Waals surface area contributed by atoms with Crippen molar-refractivity contribution in [3.63, 3.8) is 0 Å². The normalized spacial score (nSPS) is 11.3. The molecule has 0 aliphatic rings. The van der Waals surface area contributed by atoms with Crippen molar-refractivity contribution in [3.05, 3.63) is 45.1 Å². The topological polar surface area (TPSA) is 84.7 Å². The zero-order valence-electron chi connectivity index (χ0n) is 11.0. The molecule has 0 aliphatic heterocycles. The standard InChI is InChI=1S/C13H8N4O2S3/c18-11-10-7(3-5-21-10)14-9(15-11)6-22-13-17-16-12(19-13)8-2-1-4-20-8/h1-5H,6H2,(H,14,15,18). The SMILES string of the molecule is O=c1[nH]c(CSc2nnc(-c3cccs3)o2)nc2ccsc12. The first-order valence-electron chi connectivity index (χ1n) is 6.26. The second-order valence-corrected chi connectivity index (χ2v) is 7.08. The van der Waals surface area contributed by atoms with Gasteiger partial charge in [0.15, 0.2) is 0 Å². The molecule has 4 heterocycles. The van der Waals surface area contributed by atoms with Gasteiger partial charge in [0.1, 0.15) is 10.5 Å². The van der Waals surface area contributed by atoms with Gasteiger partial charge in [-0.3, -0.25) is 4.79 Å². The number of H-pyrrole nitrogens is 1. The Hall–Kier alpha value is -1.97. The van der Waals surface area contributed by atoms with Crippen LogP contribution in [0.4, 0.5) is 0 Å². The van der Waals surface area contributed by atoms with Crippen molar-refractivity contribution in [2.75, 3.05) is 0 Å². The van der Waals surface area contributed by atoms with E-state index in [9.17, 15) is 4.79 Å². The lowest BCUT2D eigenvalue weighted by Gasteiger charge is -1.98. The van der Waals surface area contributed by atoms with Gasteiger partial charge >= 0.3 is 0 Å². The van der Waals surface area contributed by atoms with Crippen molar-refractivity contribution in [3.8, 4) is 10.8 Å². The quantitative estimate of drug-likeness (QED) is 0.569. The molecule has 0 atom stereocenters. The Labute approximate surface area is 136 Å². The fourth-order valence-corrected chi connectivity index (χ4v) is 3.89. The fraction of sp³-hybridized carbons (Fsp3) is 0.0769. The van der Waals surface area contributed by atoms with Gasteiger partial charge in [0.25, 0.3) is 16.7 Å². The molecule has 4 aromatic heterocycles. The molecule has 6 nitrogen and oxygen atoms in total. The molecule has 4 rings (SSSR count). The maximum absolute atomic E-state index is 11.9. The van der Waals surface area contributed by atoms with Gasteiger partial charge in [-0.05, 0) is 22.9 Å². The Bertz CT molecular complexity index is 971. The van der Waals surface area contributed by atoms with E-state index in [1.165, 1.54) is 23.1 Å². The molecular weight excluding hydrogens is 340 g/mol. The summed E-state index contributed by atoms with van der Waals surface area (Å²) in [6.45, 7) is 0. The first-order chi connectivity index (χ1) is 10.8. The third-order valence-electron chi connectivity index (χ3n) is 2.83. The van der Waals surface area contributed by atoms with E-state index in [0.717, 1.165) is 4.88 Å². The monoisotopic (exact) mass is 348 g/mol. The molecule has 0 fully saturated rings. The summed E-state index contributed by atoms with van der Waals surface area (Å²) in [5, 5.41) is 12.3. The smallest absolute Gasteiger partial charge is 0.277 e. The number of nitrogens with one attached hydrogen (secondary N) is 1. The highest BCUT2D eigenvalue weighted by Crippen LogP contribution is 2.27. The highest BCUT2D eigenvalue weighted by molar-refractivity contribution is 7.98. The van der Waals surface area contributed by atoms with Gasteiger partial charge in [-0.2, -0.15) is 0 Å². The molecule has 0 spiro atoms. The van der Waals surface area contributed by atoms with Crippen LogP contribution in [0.15, 0.2) is 43.4 Å². The van der Waals surface area contributed by atoms with Gasteiger partial charge in [0.05, 0.1) is 16.1 Å². The van der Waals surface area contributed by atoms with E-state index in [1.54, 1.807) is 11.3 Å². The first-order valence-corrected chi connectivity index (χ1v) is 9.01. The summed E-state index contributed by atoms with van der Waals surface area (Å²) in [5.74, 6) is 1.57. The maximum atomic E-state index is 11.9. The van der Waals surface area contributed by atoms with Crippen LogP contribution in [-0.4, -0.2) is 20.2 Å². The predicted octanol–water partition coefficient (Wildman–Crippen LogP) is 3.39. The van der Waals surface area contributed by atoms with E-state index in [-0.39, 0.29) is 5.56 Å². The minimum absolute atomic E-state index is 0.111. The molecule has 1 N–H and O–H groups in total. The number of hydrogen-bond acceptors (Lipinski definition) is 8. The second-order valence-electron chi connectivity index (χ2n) is 4.29. The third kappa shape index (κ3) is 2.58. The number of aromatic nitrogens is 4. The van der Waals surface area contributed by atoms with Crippen LogP contribution in [0, 0.1) is 0 Å². The van der Waals surface area contributed by atoms with E-state index < -0.39 is 0 Å². The van der Waals surface area contributed by atoms with Gasteiger partial charge in [-0.15, -0.1) is 32.9 Å². The molecule has 22 heavy (non-hydrogen) atoms. The molecule has 0 saturated carbocycles. The minimum atomic E-state index is -0.111. The molecule has 9 heteroatoms. The largest absolute Gasteiger partial charge is 0.410 e. The number of rotatable bonds is 4. The lowest BCUT2D eigenvalue weighted by Crippen LogP contribution is -2.09. The highest BCUT2D eigenvalue weighted by atomic mass is 32.2. The average molecular weight is 348 g/mol. The van der Waals surface area contributed by atoms with Crippen LogP contribution in [0.5, 0.6) is 0 Å². The van der Waals surface area contributed by atoms with Crippen LogP contribution in [-0.2, 0) is 5.75 Å². The van der Waals surface area contributed by atoms with Crippen molar-refractivity contribution in [1.82, 2.24) is 20.2 Å². The average Bonchev–Trinajstić information content (AvgIpc) is 3.25. The Balaban J connectivity index is 1.53. The van der Waals surface area contributed by atoms with E-state index in [2.05, 4.69) is 20.2 Å². The minimum Gasteiger partial charge on any atom is -0.410 e. The van der Waals surface area contributed by atoms with Gasteiger partial charge in [0, 0.05) is 0 Å². The van der Waals surface area contributed by atoms with Crippen molar-refractivity contribution < 1.29 is 4.42 Å². The van der Waals surface area contributed by atoms with Crippen LogP contribution in [0.3, 0.4) is 0 Å². The first kappa shape index (κ1) is 13.7. The lowest BCUT2D eigenvalue weighted by atomic mass is 10.4. The van der Waals surface area contributed by atoms with Crippen LogP contribution >= 0.6 is 34.4 Å². The number of fused-ring (bicyclic) bond motifs is 1. The van der Waals surface area contributed by atoms with Crippen molar-refractivity contribution in [1.29, 1.82) is 0 Å². The molecule has 0 amide bonds. The molecule has 0 bridgehead atoms. The van der Waals surface area contributed by atoms with Crippen LogP contribution in [0.2, 0.25) is 0 Å². The summed E-state index contributed by atoms with van der Waals surface area (Å²) in [6.07, 6.45) is 0. The third-order valence-corrected chi connectivity index (χ3v) is 5.42. The summed E-state index contributed by atoms with van der Waals surface area (Å²) < 4.78 is 6.23. The van der Waals surface area contributed by atoms with Crippen LogP contribution in [0.25, 0.3) is 21.0 Å². The Kier molecular flexibility index (Phi) is 3.53. The maximum Gasteiger partial charge on any atom is 0.277 e. The number of aromatic amines is 1. The molecular formula is C13H8N4O2S3. The van der Waals surface area contributed by atoms with E-state index in [1.807, 2.05) is 29.0 Å². The summed E-state index contributed by atoms with van der Waals surface area (Å²) >= 11 is 4.28. The zero-order chi connectivity index (χ0) is 14.9. The molecule has 0 radical (unpaired) electrons. The van der Waals surface area contributed by atoms with Crippen molar-refractivity contribution >= 4 is 44.7 Å². The molecule has 4 aromatic rings. The Morgan fingerprint density at radius 3 is 3.05 bits per heavy atom. The van der Waals surface area contributed by atoms with Gasteiger partial charge < -0.3 is 9.40 Å². The number of thioether (sulfide) groups is 1. The van der Waals surface area contributed by atoms with Crippen molar-refractivity contribution in [2.45, 2.75) is 11.0 Å². The van der Waals surface area contributed by atoms with Crippen molar-refractivity contribution in [2.24, 2.45) is 0 Å². The summed E-state index contributed by atoms with van der Waals surface area (Å²) in [7, 11) is 0. The molecule has 0 aliphatic carbocycles. The second kappa shape index (κ2) is 5.67. The number of thiophene rings is 2. The predicted molar refractivity (Wildman–Crippen MR) is 87.4 cm³/mol. The zero-order valence-corrected chi connectivity index (χ0v) is 13.4. The summed E-state index contributed by atoms with van der Waals surface area (Å²) in [4.78, 5) is 20.0. The summed E-state index contributed by atoms with van der Waals surface area (Å²) in [6, 6.07) is 5.70. The number of hydrogen-bond donors (Lipinski definition) is 1. The van der Waals surface area contributed by atoms with E-state index in [0.29, 0.717) is 32.9 Å².